The van der Waals surface area contributed by atoms with Gasteiger partial charge in [-0.2, -0.15) is 13.2 Å². The molecule has 1 nitrogen and oxygen atoms in total. The number of hydrogen-bond acceptors (Lipinski definition) is 1. The Labute approximate surface area is 105 Å². The Morgan fingerprint density at radius 2 is 2.00 bits per heavy atom. The van der Waals surface area contributed by atoms with E-state index in [-0.39, 0.29) is 0 Å². The van der Waals surface area contributed by atoms with Crippen LogP contribution in [-0.2, 0) is 6.18 Å². The van der Waals surface area contributed by atoms with E-state index in [2.05, 4.69) is 12.2 Å². The summed E-state index contributed by atoms with van der Waals surface area (Å²) in [5, 5.41) is 3.36. The van der Waals surface area contributed by atoms with E-state index < -0.39 is 11.7 Å². The monoisotopic (exact) mass is 257 g/mol. The lowest BCUT2D eigenvalue weighted by Gasteiger charge is -2.29. The summed E-state index contributed by atoms with van der Waals surface area (Å²) in [4.78, 5) is 0. The summed E-state index contributed by atoms with van der Waals surface area (Å²) in [6.07, 6.45) is -2.26. The number of halogens is 3. The fourth-order valence-corrected chi connectivity index (χ4v) is 2.72. The molecule has 0 aromatic heterocycles. The van der Waals surface area contributed by atoms with E-state index in [1.807, 2.05) is 0 Å². The molecule has 0 aliphatic carbocycles. The minimum Gasteiger partial charge on any atom is -0.314 e. The number of hydrogen-bond donors (Lipinski definition) is 1. The van der Waals surface area contributed by atoms with Gasteiger partial charge >= 0.3 is 6.18 Å². The fourth-order valence-electron chi connectivity index (χ4n) is 2.72. The molecular weight excluding hydrogens is 239 g/mol. The Bertz CT molecular complexity index is 426. The molecule has 0 spiro atoms. The maximum Gasteiger partial charge on any atom is 0.416 e. The second-order valence-corrected chi connectivity index (χ2v) is 5.15. The maximum absolute atomic E-state index is 12.6. The molecule has 1 saturated heterocycles. The Morgan fingerprint density at radius 3 is 2.56 bits per heavy atom. The number of benzene rings is 1. The van der Waals surface area contributed by atoms with Gasteiger partial charge in [0.25, 0.3) is 0 Å². The predicted octanol–water partition coefficient (Wildman–Crippen LogP) is 3.87. The van der Waals surface area contributed by atoms with Crippen molar-refractivity contribution in [3.05, 3.63) is 34.9 Å². The van der Waals surface area contributed by atoms with Crippen LogP contribution in [0.1, 0.15) is 42.4 Å². The Morgan fingerprint density at radius 1 is 1.28 bits per heavy atom. The summed E-state index contributed by atoms with van der Waals surface area (Å²) in [5.41, 5.74) is 1.27. The second kappa shape index (κ2) is 4.92. The van der Waals surface area contributed by atoms with Gasteiger partial charge in [-0.25, -0.2) is 0 Å². The zero-order chi connectivity index (χ0) is 13.3. The van der Waals surface area contributed by atoms with Crippen LogP contribution in [0.3, 0.4) is 0 Å². The summed E-state index contributed by atoms with van der Waals surface area (Å²) in [5.74, 6) is 0.378. The number of alkyl halides is 3. The van der Waals surface area contributed by atoms with E-state index in [0.717, 1.165) is 30.5 Å². The average Bonchev–Trinajstić information content (AvgIpc) is 2.27. The van der Waals surface area contributed by atoms with Crippen LogP contribution in [0.4, 0.5) is 13.2 Å². The van der Waals surface area contributed by atoms with E-state index in [1.54, 1.807) is 13.0 Å². The van der Waals surface area contributed by atoms with Crippen LogP contribution < -0.4 is 5.32 Å². The molecule has 0 radical (unpaired) electrons. The maximum atomic E-state index is 12.6. The number of piperidine rings is 1. The Kier molecular flexibility index (Phi) is 3.66. The van der Waals surface area contributed by atoms with Crippen LogP contribution in [0, 0.1) is 6.92 Å². The highest BCUT2D eigenvalue weighted by atomic mass is 19.4. The van der Waals surface area contributed by atoms with Crippen molar-refractivity contribution in [1.82, 2.24) is 5.32 Å². The Balaban J connectivity index is 2.24. The Hall–Kier alpha value is -1.03. The smallest absolute Gasteiger partial charge is 0.314 e. The van der Waals surface area contributed by atoms with Gasteiger partial charge in [-0.05, 0) is 62.4 Å². The van der Waals surface area contributed by atoms with Crippen LogP contribution in [0.5, 0.6) is 0 Å². The molecule has 1 heterocycles. The lowest BCUT2D eigenvalue weighted by atomic mass is 9.84. The topological polar surface area (TPSA) is 12.0 Å². The largest absolute Gasteiger partial charge is 0.416 e. The van der Waals surface area contributed by atoms with Crippen LogP contribution in [-0.4, -0.2) is 12.6 Å². The van der Waals surface area contributed by atoms with Gasteiger partial charge in [-0.15, -0.1) is 0 Å². The van der Waals surface area contributed by atoms with E-state index in [0.29, 0.717) is 12.0 Å². The van der Waals surface area contributed by atoms with Crippen LogP contribution in [0.2, 0.25) is 0 Å². The molecule has 0 bridgehead atoms. The molecule has 1 fully saturated rings. The highest BCUT2D eigenvalue weighted by Gasteiger charge is 2.31. The predicted molar refractivity (Wildman–Crippen MR) is 65.6 cm³/mol. The van der Waals surface area contributed by atoms with Crippen molar-refractivity contribution in [1.29, 1.82) is 0 Å². The highest BCUT2D eigenvalue weighted by Crippen LogP contribution is 2.34. The number of nitrogens with one attached hydrogen (secondary N) is 1. The second-order valence-electron chi connectivity index (χ2n) is 5.15. The first kappa shape index (κ1) is 13.4. The minimum absolute atomic E-state index is 0.378. The van der Waals surface area contributed by atoms with Crippen molar-refractivity contribution in [3.8, 4) is 0 Å². The first-order chi connectivity index (χ1) is 8.38. The molecule has 1 aliphatic heterocycles. The van der Waals surface area contributed by atoms with E-state index in [4.69, 9.17) is 0 Å². The molecule has 18 heavy (non-hydrogen) atoms. The molecule has 1 aromatic carbocycles. The van der Waals surface area contributed by atoms with Gasteiger partial charge in [0.05, 0.1) is 5.56 Å². The van der Waals surface area contributed by atoms with Crippen molar-refractivity contribution in [2.24, 2.45) is 0 Å². The highest BCUT2D eigenvalue weighted by molar-refractivity contribution is 5.35. The molecule has 100 valence electrons. The molecule has 2 unspecified atom stereocenters. The van der Waals surface area contributed by atoms with Gasteiger partial charge in [-0.3, -0.25) is 0 Å². The van der Waals surface area contributed by atoms with Crippen molar-refractivity contribution in [3.63, 3.8) is 0 Å². The molecule has 0 saturated carbocycles. The number of rotatable bonds is 1. The van der Waals surface area contributed by atoms with Gasteiger partial charge in [0.2, 0.25) is 0 Å². The number of aryl methyl sites for hydroxylation is 1. The quantitative estimate of drug-likeness (QED) is 0.805. The minimum atomic E-state index is -4.25. The van der Waals surface area contributed by atoms with Crippen LogP contribution in [0.25, 0.3) is 0 Å². The first-order valence-electron chi connectivity index (χ1n) is 6.29. The molecular formula is C14H18F3N. The molecule has 1 aliphatic rings. The summed E-state index contributed by atoms with van der Waals surface area (Å²) >= 11 is 0. The zero-order valence-corrected chi connectivity index (χ0v) is 10.6. The first-order valence-corrected chi connectivity index (χ1v) is 6.29. The van der Waals surface area contributed by atoms with Gasteiger partial charge in [0.1, 0.15) is 0 Å². The summed E-state index contributed by atoms with van der Waals surface area (Å²) < 4.78 is 37.8. The van der Waals surface area contributed by atoms with Gasteiger partial charge in [-0.1, -0.05) is 6.07 Å². The molecule has 0 amide bonds. The van der Waals surface area contributed by atoms with Crippen molar-refractivity contribution in [2.75, 3.05) is 6.54 Å². The van der Waals surface area contributed by atoms with Crippen molar-refractivity contribution < 1.29 is 13.2 Å². The molecule has 2 atom stereocenters. The van der Waals surface area contributed by atoms with Crippen molar-refractivity contribution >= 4 is 0 Å². The summed E-state index contributed by atoms with van der Waals surface area (Å²) in [6.45, 7) is 4.83. The lowest BCUT2D eigenvalue weighted by Crippen LogP contribution is -2.35. The standard InChI is InChI=1S/C14H18F3N/c1-9-7-12(14(15,16)17)3-4-13(9)11-5-6-18-10(2)8-11/h3-4,7,10-11,18H,5-6,8H2,1-2H3. The van der Waals surface area contributed by atoms with Crippen LogP contribution in [0.15, 0.2) is 18.2 Å². The molecule has 4 heteroatoms. The zero-order valence-electron chi connectivity index (χ0n) is 10.6. The molecule has 1 aromatic rings. The van der Waals surface area contributed by atoms with E-state index in [1.165, 1.54) is 12.1 Å². The fraction of sp³-hybridized carbons (Fsp3) is 0.571. The average molecular weight is 257 g/mol. The third-order valence-electron chi connectivity index (χ3n) is 3.66. The lowest BCUT2D eigenvalue weighted by molar-refractivity contribution is -0.137. The van der Waals surface area contributed by atoms with Crippen LogP contribution >= 0.6 is 0 Å². The third-order valence-corrected chi connectivity index (χ3v) is 3.66. The molecule has 1 N–H and O–H groups in total. The van der Waals surface area contributed by atoms with E-state index >= 15 is 0 Å². The SMILES string of the molecule is Cc1cc(C(F)(F)F)ccc1C1CCNC(C)C1. The van der Waals surface area contributed by atoms with E-state index in [9.17, 15) is 13.2 Å². The van der Waals surface area contributed by atoms with Gasteiger partial charge < -0.3 is 5.32 Å². The normalized spacial score (nSPS) is 25.2. The summed E-state index contributed by atoms with van der Waals surface area (Å²) in [6, 6.07) is 4.56. The summed E-state index contributed by atoms with van der Waals surface area (Å²) in [7, 11) is 0. The van der Waals surface area contributed by atoms with Gasteiger partial charge in [0.15, 0.2) is 0 Å². The van der Waals surface area contributed by atoms with Gasteiger partial charge in [0, 0.05) is 6.04 Å². The molecule has 2 rings (SSSR count). The third kappa shape index (κ3) is 2.86. The van der Waals surface area contributed by atoms with Crippen molar-refractivity contribution in [2.45, 2.75) is 44.8 Å².